The highest BCUT2D eigenvalue weighted by atomic mass is 16.5. The second kappa shape index (κ2) is 8.06. The lowest BCUT2D eigenvalue weighted by molar-refractivity contribution is 0.193. The Hall–Kier alpha value is -1.20. The molecule has 0 bridgehead atoms. The van der Waals surface area contributed by atoms with E-state index in [-0.39, 0.29) is 0 Å². The normalized spacial score (nSPS) is 26.6. The van der Waals surface area contributed by atoms with Crippen LogP contribution in [0.2, 0.25) is 0 Å². The molecule has 2 atom stereocenters. The van der Waals surface area contributed by atoms with Gasteiger partial charge < -0.3 is 9.42 Å². The first-order chi connectivity index (χ1) is 11.2. The number of rotatable bonds is 5. The molecule has 5 nitrogen and oxygen atoms in total. The van der Waals surface area contributed by atoms with Crippen molar-refractivity contribution in [2.75, 3.05) is 26.7 Å². The molecule has 0 aromatic carbocycles. The van der Waals surface area contributed by atoms with Gasteiger partial charge in [0, 0.05) is 19.5 Å². The maximum absolute atomic E-state index is 5.08. The molecule has 0 amide bonds. The Morgan fingerprint density at radius 2 is 2.17 bits per heavy atom. The van der Waals surface area contributed by atoms with Gasteiger partial charge in [-0.3, -0.25) is 4.90 Å². The largest absolute Gasteiger partial charge is 0.340 e. The van der Waals surface area contributed by atoms with Gasteiger partial charge in [-0.05, 0) is 64.6 Å². The number of likely N-dealkylation sites (tertiary alicyclic amines) is 1. The highest BCUT2D eigenvalue weighted by Gasteiger charge is 2.23. The van der Waals surface area contributed by atoms with E-state index in [9.17, 15) is 0 Å². The van der Waals surface area contributed by atoms with Crippen LogP contribution < -0.4 is 0 Å². The molecule has 1 saturated heterocycles. The molecule has 3 rings (SSSR count). The first-order valence-corrected chi connectivity index (χ1v) is 9.07. The van der Waals surface area contributed by atoms with E-state index in [1.54, 1.807) is 0 Å². The number of aromatic nitrogens is 2. The van der Waals surface area contributed by atoms with Gasteiger partial charge in [-0.1, -0.05) is 17.3 Å². The molecule has 0 radical (unpaired) electrons. The second-order valence-electron chi connectivity index (χ2n) is 7.18. The van der Waals surface area contributed by atoms with Gasteiger partial charge in [0.1, 0.15) is 0 Å². The van der Waals surface area contributed by atoms with Crippen molar-refractivity contribution < 1.29 is 4.52 Å². The quantitative estimate of drug-likeness (QED) is 0.781. The van der Waals surface area contributed by atoms with E-state index in [0.29, 0.717) is 11.9 Å². The predicted octanol–water partition coefficient (Wildman–Crippen LogP) is 3.02. The maximum atomic E-state index is 5.08. The molecule has 2 aliphatic rings. The molecule has 0 N–H and O–H groups in total. The molecule has 1 aliphatic carbocycles. The summed E-state index contributed by atoms with van der Waals surface area (Å²) in [6.07, 6.45) is 12.4. The summed E-state index contributed by atoms with van der Waals surface area (Å²) in [6, 6.07) is 0.630. The van der Waals surface area contributed by atoms with Gasteiger partial charge in [-0.15, -0.1) is 0 Å². The van der Waals surface area contributed by atoms with Crippen molar-refractivity contribution in [3.63, 3.8) is 0 Å². The lowest BCUT2D eigenvalue weighted by Crippen LogP contribution is -2.34. The molecule has 0 saturated carbocycles. The first kappa shape index (κ1) is 16.7. The monoisotopic (exact) mass is 318 g/mol. The predicted molar refractivity (Wildman–Crippen MR) is 91.1 cm³/mol. The lowest BCUT2D eigenvalue weighted by Gasteiger charge is -2.28. The summed E-state index contributed by atoms with van der Waals surface area (Å²) < 4.78 is 5.08. The smallest absolute Gasteiger partial charge is 0.223 e. The molecule has 0 unspecified atom stereocenters. The molecule has 0 spiro atoms. The van der Waals surface area contributed by atoms with Gasteiger partial charge >= 0.3 is 0 Å². The average molecular weight is 318 g/mol. The van der Waals surface area contributed by atoms with E-state index in [2.05, 4.69) is 39.1 Å². The van der Waals surface area contributed by atoms with Crippen molar-refractivity contribution >= 4 is 0 Å². The van der Waals surface area contributed by atoms with Crippen molar-refractivity contribution in [3.05, 3.63) is 23.9 Å². The molecule has 1 fully saturated rings. The third-order valence-corrected chi connectivity index (χ3v) is 5.27. The Bertz CT molecular complexity index is 513. The standard InChI is InChI=1S/C18H30N4O/c1-15-19-18(20-23-15)14-21(2)17-9-6-11-22(12-10-17)13-16-7-4-3-5-8-16/h3-4,16-17H,5-14H2,1-2H3/t16-,17+/m0/s1. The minimum atomic E-state index is 0.630. The van der Waals surface area contributed by atoms with E-state index in [4.69, 9.17) is 4.52 Å². The summed E-state index contributed by atoms with van der Waals surface area (Å²) in [4.78, 5) is 9.42. The Labute approximate surface area is 139 Å². The second-order valence-corrected chi connectivity index (χ2v) is 7.18. The molecule has 23 heavy (non-hydrogen) atoms. The minimum absolute atomic E-state index is 0.630. The van der Waals surface area contributed by atoms with Gasteiger partial charge in [-0.25, -0.2) is 0 Å². The van der Waals surface area contributed by atoms with Crippen molar-refractivity contribution in [1.82, 2.24) is 19.9 Å². The van der Waals surface area contributed by atoms with E-state index in [0.717, 1.165) is 18.3 Å². The van der Waals surface area contributed by atoms with Crippen molar-refractivity contribution in [3.8, 4) is 0 Å². The highest BCUT2D eigenvalue weighted by Crippen LogP contribution is 2.22. The summed E-state index contributed by atoms with van der Waals surface area (Å²) in [5.41, 5.74) is 0. The van der Waals surface area contributed by atoms with Crippen LogP contribution in [0.1, 0.15) is 50.2 Å². The van der Waals surface area contributed by atoms with Crippen LogP contribution in [0.25, 0.3) is 0 Å². The van der Waals surface area contributed by atoms with Gasteiger partial charge in [-0.2, -0.15) is 4.98 Å². The summed E-state index contributed by atoms with van der Waals surface area (Å²) >= 11 is 0. The van der Waals surface area contributed by atoms with Crippen LogP contribution in [0.3, 0.4) is 0 Å². The number of allylic oxidation sites excluding steroid dienone is 2. The SMILES string of the molecule is Cc1nc(CN(C)[C@@H]2CCCN(C[C@H]3CC=CCC3)CC2)no1. The van der Waals surface area contributed by atoms with Gasteiger partial charge in [0.05, 0.1) is 6.54 Å². The van der Waals surface area contributed by atoms with Crippen LogP contribution in [0.4, 0.5) is 0 Å². The number of hydrogen-bond donors (Lipinski definition) is 0. The van der Waals surface area contributed by atoms with E-state index in [1.165, 1.54) is 58.2 Å². The van der Waals surface area contributed by atoms with Crippen LogP contribution in [0, 0.1) is 12.8 Å². The Balaban J connectivity index is 1.46. The molecule has 1 aromatic heterocycles. The fourth-order valence-electron chi connectivity index (χ4n) is 3.91. The zero-order valence-corrected chi connectivity index (χ0v) is 14.6. The molecule has 1 aliphatic heterocycles. The molecule has 1 aromatic rings. The van der Waals surface area contributed by atoms with Crippen LogP contribution in [0.5, 0.6) is 0 Å². The summed E-state index contributed by atoms with van der Waals surface area (Å²) in [5.74, 6) is 2.33. The highest BCUT2D eigenvalue weighted by molar-refractivity contribution is 4.91. The van der Waals surface area contributed by atoms with Crippen LogP contribution in [-0.2, 0) is 6.54 Å². The van der Waals surface area contributed by atoms with E-state index in [1.807, 2.05) is 6.92 Å². The fraction of sp³-hybridized carbons (Fsp3) is 0.778. The van der Waals surface area contributed by atoms with Crippen molar-refractivity contribution in [2.45, 2.75) is 58.0 Å². The third-order valence-electron chi connectivity index (χ3n) is 5.27. The zero-order valence-electron chi connectivity index (χ0n) is 14.6. The fourth-order valence-corrected chi connectivity index (χ4v) is 3.91. The Morgan fingerprint density at radius 1 is 1.26 bits per heavy atom. The van der Waals surface area contributed by atoms with Gasteiger partial charge in [0.25, 0.3) is 0 Å². The Kier molecular flexibility index (Phi) is 5.84. The topological polar surface area (TPSA) is 45.4 Å². The van der Waals surface area contributed by atoms with E-state index >= 15 is 0 Å². The number of hydrogen-bond acceptors (Lipinski definition) is 5. The van der Waals surface area contributed by atoms with E-state index < -0.39 is 0 Å². The first-order valence-electron chi connectivity index (χ1n) is 9.07. The molecular formula is C18H30N4O. The van der Waals surface area contributed by atoms with Gasteiger partial charge in [0.2, 0.25) is 5.89 Å². The number of aryl methyl sites for hydroxylation is 1. The zero-order chi connectivity index (χ0) is 16.1. The van der Waals surface area contributed by atoms with Crippen LogP contribution in [0.15, 0.2) is 16.7 Å². The van der Waals surface area contributed by atoms with Crippen LogP contribution in [-0.4, -0.2) is 52.7 Å². The average Bonchev–Trinajstić information content (AvgIpc) is 2.82. The van der Waals surface area contributed by atoms with Crippen LogP contribution >= 0.6 is 0 Å². The molecule has 128 valence electrons. The lowest BCUT2D eigenvalue weighted by atomic mass is 9.94. The number of nitrogens with zero attached hydrogens (tertiary/aromatic N) is 4. The van der Waals surface area contributed by atoms with Crippen molar-refractivity contribution in [2.24, 2.45) is 5.92 Å². The third kappa shape index (κ3) is 4.88. The summed E-state index contributed by atoms with van der Waals surface area (Å²) in [6.45, 7) is 6.40. The Morgan fingerprint density at radius 3 is 2.91 bits per heavy atom. The van der Waals surface area contributed by atoms with Crippen molar-refractivity contribution in [1.29, 1.82) is 0 Å². The van der Waals surface area contributed by atoms with Gasteiger partial charge in [0.15, 0.2) is 5.82 Å². The summed E-state index contributed by atoms with van der Waals surface area (Å²) in [5, 5.41) is 4.02. The minimum Gasteiger partial charge on any atom is -0.340 e. The molecule has 2 heterocycles. The summed E-state index contributed by atoms with van der Waals surface area (Å²) in [7, 11) is 2.19. The molecule has 5 heteroatoms. The molecular weight excluding hydrogens is 288 g/mol. The maximum Gasteiger partial charge on any atom is 0.223 e.